The first-order chi connectivity index (χ1) is 38.2. The van der Waals surface area contributed by atoms with E-state index in [2.05, 4.69) is 31.9 Å². The van der Waals surface area contributed by atoms with Crippen LogP contribution in [0.15, 0.2) is 0 Å². The molecule has 19 atom stereocenters. The number of amides is 6. The lowest BCUT2D eigenvalue weighted by molar-refractivity contribution is -0.311. The van der Waals surface area contributed by atoms with E-state index < -0.39 is 213 Å². The lowest BCUT2D eigenvalue weighted by atomic mass is 9.83. The fourth-order valence-corrected chi connectivity index (χ4v) is 8.95. The van der Waals surface area contributed by atoms with Crippen LogP contribution in [-0.4, -0.2) is 242 Å². The molecule has 0 radical (unpaired) electrons. The van der Waals surface area contributed by atoms with Crippen molar-refractivity contribution in [2.45, 2.75) is 281 Å². The van der Waals surface area contributed by atoms with Crippen molar-refractivity contribution in [1.82, 2.24) is 31.9 Å². The molecular weight excluding hydrogens is 1120 g/mol. The van der Waals surface area contributed by atoms with Gasteiger partial charge in [0.2, 0.25) is 0 Å². The maximum Gasteiger partial charge on any atom is 0.408 e. The van der Waals surface area contributed by atoms with Crippen LogP contribution in [0.1, 0.15) is 131 Å². The summed E-state index contributed by atoms with van der Waals surface area (Å²) >= 11 is 0. The molecule has 11 unspecified atom stereocenters. The molecule has 4 aliphatic rings. The summed E-state index contributed by atoms with van der Waals surface area (Å²) in [6.45, 7) is 26.4. The third-order valence-corrected chi connectivity index (χ3v) is 12.2. The first kappa shape index (κ1) is 71.6. The van der Waals surface area contributed by atoms with Crippen LogP contribution in [0.4, 0.5) is 28.8 Å². The summed E-state index contributed by atoms with van der Waals surface area (Å²) in [5.41, 5.74) is -6.28. The van der Waals surface area contributed by atoms with Crippen LogP contribution >= 0.6 is 0 Å². The third kappa shape index (κ3) is 22.4. The number of hydrogen-bond acceptors (Lipinski definition) is 25. The Morgan fingerprint density at radius 2 is 0.679 bits per heavy atom. The molecule has 0 spiro atoms. The normalized spacial score (nSPS) is 33.3. The van der Waals surface area contributed by atoms with Gasteiger partial charge >= 0.3 is 36.6 Å². The molecule has 0 aromatic carbocycles. The predicted molar refractivity (Wildman–Crippen MR) is 289 cm³/mol. The maximum absolute atomic E-state index is 13.8. The molecule has 31 nitrogen and oxygen atoms in total. The van der Waals surface area contributed by atoms with Crippen LogP contribution in [0.2, 0.25) is 0 Å². The summed E-state index contributed by atoms with van der Waals surface area (Å²) in [5, 5.41) is 96.6. The molecule has 3 aliphatic heterocycles. The van der Waals surface area contributed by atoms with Crippen LogP contribution in [0.5, 0.6) is 0 Å². The van der Waals surface area contributed by atoms with Crippen molar-refractivity contribution in [2.75, 3.05) is 19.7 Å². The van der Waals surface area contributed by atoms with Crippen LogP contribution in [0.25, 0.3) is 0 Å². The second-order valence-electron chi connectivity index (χ2n) is 26.9. The lowest BCUT2D eigenvalue weighted by Crippen LogP contribution is -2.70. The smallest absolute Gasteiger partial charge is 0.408 e. The monoisotopic (exact) mass is 1210 g/mol. The van der Waals surface area contributed by atoms with Crippen molar-refractivity contribution in [3.05, 3.63) is 0 Å². The first-order valence-electron chi connectivity index (χ1n) is 27.8. The SMILES string of the molecule is CC(C)(C)OC(=O)NCC1O[C@H](O[C@@H]2C(NC(=O)OC(C)(C)C)C[C@@H](NC(=O)OC(C)(C)C)C(O)C2O[C@@H]2O[C@H](CO)C(OC3O[C@@H](CNC(=O)OC(C)(C)C)C(O)C(O)[C@H]3NC(=O)OC(C)(C)C)C2O)C(NC(=O)OC(C)(C)C)C(O)[C@@H]1O. The van der Waals surface area contributed by atoms with Gasteiger partial charge in [-0.3, -0.25) is 0 Å². The van der Waals surface area contributed by atoms with Crippen molar-refractivity contribution in [3.8, 4) is 0 Å². The zero-order valence-corrected chi connectivity index (χ0v) is 51.3. The van der Waals surface area contributed by atoms with Crippen molar-refractivity contribution in [3.63, 3.8) is 0 Å². The molecule has 486 valence electrons. The minimum atomic E-state index is -2.06. The number of ether oxygens (including phenoxy) is 12. The molecular formula is C53H94N6O25. The van der Waals surface area contributed by atoms with E-state index in [1.807, 2.05) is 0 Å². The Morgan fingerprint density at radius 1 is 0.369 bits per heavy atom. The zero-order chi connectivity index (χ0) is 64.0. The van der Waals surface area contributed by atoms with Gasteiger partial charge in [-0.2, -0.15) is 0 Å². The van der Waals surface area contributed by atoms with E-state index in [0.717, 1.165) is 0 Å². The summed E-state index contributed by atoms with van der Waals surface area (Å²) in [6.07, 6.45) is -34.3. The summed E-state index contributed by atoms with van der Waals surface area (Å²) in [4.78, 5) is 79.5. The Hall–Kier alpha value is -4.90. The lowest BCUT2D eigenvalue weighted by Gasteiger charge is -2.49. The summed E-state index contributed by atoms with van der Waals surface area (Å²) in [7, 11) is 0. The summed E-state index contributed by atoms with van der Waals surface area (Å²) in [6, 6.07) is -6.40. The zero-order valence-electron chi connectivity index (χ0n) is 51.3. The molecule has 3 heterocycles. The van der Waals surface area contributed by atoms with Gasteiger partial charge < -0.3 is 124 Å². The van der Waals surface area contributed by atoms with E-state index in [9.17, 15) is 64.5 Å². The van der Waals surface area contributed by atoms with Gasteiger partial charge in [0.15, 0.2) is 18.9 Å². The van der Waals surface area contributed by atoms with E-state index in [0.29, 0.717) is 0 Å². The quantitative estimate of drug-likeness (QED) is 0.0993. The molecule has 1 saturated carbocycles. The Labute approximate surface area is 489 Å². The molecule has 84 heavy (non-hydrogen) atoms. The van der Waals surface area contributed by atoms with E-state index >= 15 is 0 Å². The molecule has 0 bridgehead atoms. The molecule has 4 rings (SSSR count). The van der Waals surface area contributed by atoms with Gasteiger partial charge in [-0.15, -0.1) is 0 Å². The van der Waals surface area contributed by atoms with Crippen molar-refractivity contribution >= 4 is 36.6 Å². The van der Waals surface area contributed by atoms with Crippen molar-refractivity contribution < 1.29 is 121 Å². The molecule has 6 amide bonds. The number of aliphatic hydroxyl groups excluding tert-OH is 7. The minimum Gasteiger partial charge on any atom is -0.444 e. The van der Waals surface area contributed by atoms with Gasteiger partial charge in [-0.1, -0.05) is 0 Å². The number of aliphatic hydroxyl groups is 7. The Balaban J connectivity index is 1.85. The predicted octanol–water partition coefficient (Wildman–Crippen LogP) is 0.501. The van der Waals surface area contributed by atoms with E-state index in [4.69, 9.17) is 56.8 Å². The van der Waals surface area contributed by atoms with Crippen molar-refractivity contribution in [1.29, 1.82) is 0 Å². The number of nitrogens with one attached hydrogen (secondary N) is 6. The summed E-state index contributed by atoms with van der Waals surface area (Å²) in [5.74, 6) is 0. The fourth-order valence-electron chi connectivity index (χ4n) is 8.95. The molecule has 1 aliphatic carbocycles. The van der Waals surface area contributed by atoms with Crippen molar-refractivity contribution in [2.24, 2.45) is 0 Å². The van der Waals surface area contributed by atoms with E-state index in [1.165, 1.54) is 0 Å². The summed E-state index contributed by atoms with van der Waals surface area (Å²) < 4.78 is 70.3. The minimum absolute atomic E-state index is 0.432. The third-order valence-electron chi connectivity index (χ3n) is 12.2. The van der Waals surface area contributed by atoms with Gasteiger partial charge in [0.1, 0.15) is 119 Å². The number of rotatable bonds is 15. The number of carbonyl (C=O) groups is 6. The molecule has 0 aromatic heterocycles. The maximum atomic E-state index is 13.8. The standard InChI is InChI=1S/C53H94N6O25/c1-48(2,3)79-42(67)54-20-25-31(62)33(64)28(58-46(71)83-52(13,14)15)39(73-25)76-36-24(57-45(70)82-51(10,11)12)19-23(56-44(69)81-50(7,8)9)30(61)38(36)78-41-35(66)37(27(22-60)75-41)77-40-29(59-47(72)84-53(16,17)18)34(65)32(63)26(74-40)21-55-43(68)80-49(4,5)6/h23-41,60-66H,19-22H2,1-18H3,(H,54,67)(H,55,68)(H,56,69)(H,57,70)(H,58,71)(H,59,72)/t23-,24?,25?,26+,27-,28?,29-,30?,31-,32?,33?,34?,35?,36-,37?,38?,39-,40?,41+/m1/s1. The molecule has 13 N–H and O–H groups in total. The second kappa shape index (κ2) is 28.3. The topological polar surface area (TPSA) is 427 Å². The largest absolute Gasteiger partial charge is 0.444 e. The highest BCUT2D eigenvalue weighted by molar-refractivity contribution is 5.70. The highest BCUT2D eigenvalue weighted by Gasteiger charge is 2.57. The van der Waals surface area contributed by atoms with E-state index in [1.54, 1.807) is 125 Å². The van der Waals surface area contributed by atoms with Gasteiger partial charge in [-0.25, -0.2) is 28.8 Å². The van der Waals surface area contributed by atoms with Gasteiger partial charge in [0.25, 0.3) is 0 Å². The van der Waals surface area contributed by atoms with Crippen LogP contribution in [0.3, 0.4) is 0 Å². The Morgan fingerprint density at radius 3 is 1.04 bits per heavy atom. The molecule has 3 saturated heterocycles. The highest BCUT2D eigenvalue weighted by atomic mass is 16.8. The van der Waals surface area contributed by atoms with Gasteiger partial charge in [0, 0.05) is 13.1 Å². The van der Waals surface area contributed by atoms with Crippen LogP contribution < -0.4 is 31.9 Å². The first-order valence-corrected chi connectivity index (χ1v) is 27.8. The van der Waals surface area contributed by atoms with Crippen LogP contribution in [-0.2, 0) is 56.8 Å². The Bertz CT molecular complexity index is 2200. The van der Waals surface area contributed by atoms with E-state index in [-0.39, 0.29) is 0 Å². The van der Waals surface area contributed by atoms with Gasteiger partial charge in [0.05, 0.1) is 18.7 Å². The number of hydrogen-bond donors (Lipinski definition) is 13. The van der Waals surface area contributed by atoms with Gasteiger partial charge in [-0.05, 0) is 131 Å². The average molecular weight is 1220 g/mol. The molecule has 31 heteroatoms. The fraction of sp³-hybridized carbons (Fsp3) is 0.887. The second-order valence-corrected chi connectivity index (χ2v) is 26.9. The molecule has 4 fully saturated rings. The highest BCUT2D eigenvalue weighted by Crippen LogP contribution is 2.36. The Kier molecular flexibility index (Phi) is 24.1. The number of carbonyl (C=O) groups excluding carboxylic acids is 6. The van der Waals surface area contributed by atoms with Crippen LogP contribution in [0, 0.1) is 0 Å². The molecule has 0 aromatic rings. The average Bonchev–Trinajstić information content (AvgIpc) is 2.02. The number of alkyl carbamates (subject to hydrolysis) is 6.